The van der Waals surface area contributed by atoms with Crippen LogP contribution in [0.5, 0.6) is 5.75 Å². The molecule has 6 nitrogen and oxygen atoms in total. The summed E-state index contributed by atoms with van der Waals surface area (Å²) >= 11 is 0. The van der Waals surface area contributed by atoms with Crippen molar-refractivity contribution in [2.45, 2.75) is 29.8 Å². The van der Waals surface area contributed by atoms with Crippen LogP contribution in [0.3, 0.4) is 0 Å². The van der Waals surface area contributed by atoms with Gasteiger partial charge in [-0.2, -0.15) is 0 Å². The largest absolute Gasteiger partial charge is 0.481 e. The van der Waals surface area contributed by atoms with Crippen molar-refractivity contribution in [1.29, 1.82) is 0 Å². The number of rotatable bonds is 3. The molecule has 1 N–H and O–H groups in total. The van der Waals surface area contributed by atoms with Crippen molar-refractivity contribution in [2.75, 3.05) is 41.9 Å². The number of hydrogen-bond donors (Lipinski definition) is 1. The number of benzene rings is 2. The monoisotopic (exact) mass is 417 g/mol. The van der Waals surface area contributed by atoms with E-state index < -0.39 is 21.4 Å². The highest BCUT2D eigenvalue weighted by molar-refractivity contribution is 7.92. The van der Waals surface area contributed by atoms with Crippen molar-refractivity contribution in [2.24, 2.45) is 0 Å². The molecule has 2 fully saturated rings. The highest BCUT2D eigenvalue weighted by atomic mass is 32.2. The van der Waals surface area contributed by atoms with Crippen molar-refractivity contribution >= 4 is 21.4 Å². The van der Waals surface area contributed by atoms with Crippen LogP contribution >= 0.6 is 0 Å². The molecule has 0 amide bonds. The molecule has 1 saturated heterocycles. The molecule has 5 rings (SSSR count). The highest BCUT2D eigenvalue weighted by Crippen LogP contribution is 2.51. The van der Waals surface area contributed by atoms with E-state index in [0.717, 1.165) is 51.1 Å². The van der Waals surface area contributed by atoms with E-state index in [2.05, 4.69) is 10.2 Å². The first kappa shape index (κ1) is 18.7. The number of anilines is 2. The first-order valence-electron chi connectivity index (χ1n) is 10.1. The lowest BCUT2D eigenvalue weighted by molar-refractivity contribution is -0.00339. The van der Waals surface area contributed by atoms with Crippen molar-refractivity contribution in [3.05, 3.63) is 48.3 Å². The SMILES string of the molecule is O=S(=O)(c1ccccc1F)N1CC2(CCC2)Oc2c(N3CCNCC3)cccc21. The molecule has 2 heterocycles. The Labute approximate surface area is 170 Å². The van der Waals surface area contributed by atoms with E-state index in [0.29, 0.717) is 11.4 Å². The van der Waals surface area contributed by atoms with Gasteiger partial charge in [0.25, 0.3) is 10.0 Å². The van der Waals surface area contributed by atoms with Gasteiger partial charge in [-0.25, -0.2) is 12.8 Å². The Balaban J connectivity index is 1.64. The quantitative estimate of drug-likeness (QED) is 0.832. The Bertz CT molecular complexity index is 1030. The Kier molecular flexibility index (Phi) is 4.43. The van der Waals surface area contributed by atoms with Crippen LogP contribution in [0.2, 0.25) is 0 Å². The molecule has 0 radical (unpaired) electrons. The Hall–Kier alpha value is -2.32. The molecule has 2 aliphatic heterocycles. The number of nitrogens with zero attached hydrogens (tertiary/aromatic N) is 2. The number of fused-ring (bicyclic) bond motifs is 1. The molecule has 1 spiro atoms. The van der Waals surface area contributed by atoms with Crippen LogP contribution in [0.1, 0.15) is 19.3 Å². The summed E-state index contributed by atoms with van der Waals surface area (Å²) in [5.41, 5.74) is 0.862. The summed E-state index contributed by atoms with van der Waals surface area (Å²) in [5, 5.41) is 3.33. The maximum atomic E-state index is 14.4. The lowest BCUT2D eigenvalue weighted by Gasteiger charge is -2.49. The zero-order valence-corrected chi connectivity index (χ0v) is 16.9. The van der Waals surface area contributed by atoms with E-state index >= 15 is 0 Å². The predicted molar refractivity (Wildman–Crippen MR) is 110 cm³/mol. The number of sulfonamides is 1. The summed E-state index contributed by atoms with van der Waals surface area (Å²) in [6.45, 7) is 3.60. The van der Waals surface area contributed by atoms with E-state index in [1.165, 1.54) is 22.5 Å². The molecular weight excluding hydrogens is 393 g/mol. The smallest absolute Gasteiger partial charge is 0.267 e. The van der Waals surface area contributed by atoms with E-state index in [9.17, 15) is 12.8 Å². The van der Waals surface area contributed by atoms with E-state index in [-0.39, 0.29) is 11.4 Å². The highest BCUT2D eigenvalue weighted by Gasteiger charge is 2.49. The van der Waals surface area contributed by atoms with Crippen LogP contribution in [0, 0.1) is 5.82 Å². The number of piperazine rings is 1. The standard InChI is InChI=1S/C21H24FN3O3S/c22-16-5-1-2-8-19(16)29(26,27)25-15-21(9-4-10-21)28-20-17(6-3-7-18(20)25)24-13-11-23-12-14-24/h1-3,5-8,23H,4,9-15H2. The van der Waals surface area contributed by atoms with Crippen molar-refractivity contribution in [3.63, 3.8) is 0 Å². The zero-order valence-electron chi connectivity index (χ0n) is 16.1. The molecular formula is C21H24FN3O3S. The normalized spacial score (nSPS) is 20.7. The van der Waals surface area contributed by atoms with Crippen LogP contribution in [-0.4, -0.2) is 46.7 Å². The molecule has 8 heteroatoms. The summed E-state index contributed by atoms with van der Waals surface area (Å²) in [5.74, 6) is -0.137. The van der Waals surface area contributed by atoms with Gasteiger partial charge in [0.1, 0.15) is 16.3 Å². The van der Waals surface area contributed by atoms with Gasteiger partial charge in [-0.1, -0.05) is 18.2 Å². The van der Waals surface area contributed by atoms with Gasteiger partial charge >= 0.3 is 0 Å². The fourth-order valence-electron chi connectivity index (χ4n) is 4.38. The van der Waals surface area contributed by atoms with Crippen molar-refractivity contribution < 1.29 is 17.5 Å². The van der Waals surface area contributed by atoms with E-state index in [1.54, 1.807) is 12.1 Å². The number of nitrogens with one attached hydrogen (secondary N) is 1. The van der Waals surface area contributed by atoms with Crippen LogP contribution in [-0.2, 0) is 10.0 Å². The van der Waals surface area contributed by atoms with Gasteiger partial charge in [-0.3, -0.25) is 4.31 Å². The maximum absolute atomic E-state index is 14.4. The van der Waals surface area contributed by atoms with E-state index in [4.69, 9.17) is 4.74 Å². The zero-order chi connectivity index (χ0) is 20.1. The second kappa shape index (κ2) is 6.88. The Morgan fingerprint density at radius 3 is 2.41 bits per heavy atom. The van der Waals surface area contributed by atoms with Gasteiger partial charge in [0.15, 0.2) is 5.75 Å². The lowest BCUT2D eigenvalue weighted by Crippen LogP contribution is -2.57. The summed E-state index contributed by atoms with van der Waals surface area (Å²) in [4.78, 5) is 1.93. The fraction of sp³-hybridized carbons (Fsp3) is 0.429. The minimum atomic E-state index is -4.05. The maximum Gasteiger partial charge on any atom is 0.267 e. The molecule has 29 heavy (non-hydrogen) atoms. The average Bonchev–Trinajstić information content (AvgIpc) is 2.72. The molecule has 1 aliphatic carbocycles. The van der Waals surface area contributed by atoms with Gasteiger partial charge in [0, 0.05) is 26.2 Å². The molecule has 0 bridgehead atoms. The molecule has 2 aromatic rings. The van der Waals surface area contributed by atoms with Gasteiger partial charge in [0.05, 0.1) is 17.9 Å². The van der Waals surface area contributed by atoms with Crippen molar-refractivity contribution in [1.82, 2.24) is 5.32 Å². The number of ether oxygens (including phenoxy) is 1. The van der Waals surface area contributed by atoms with Crippen molar-refractivity contribution in [3.8, 4) is 5.75 Å². The third-order valence-electron chi connectivity index (χ3n) is 6.12. The predicted octanol–water partition coefficient (Wildman–Crippen LogP) is 2.75. The molecule has 3 aliphatic rings. The lowest BCUT2D eigenvalue weighted by atomic mass is 9.79. The Morgan fingerprint density at radius 2 is 1.72 bits per heavy atom. The average molecular weight is 418 g/mol. The van der Waals surface area contributed by atoms with E-state index in [1.807, 2.05) is 12.1 Å². The molecule has 0 unspecified atom stereocenters. The van der Waals surface area contributed by atoms with Crippen LogP contribution in [0.25, 0.3) is 0 Å². The number of hydrogen-bond acceptors (Lipinski definition) is 5. The fourth-order valence-corrected chi connectivity index (χ4v) is 5.99. The number of para-hydroxylation sites is 1. The van der Waals surface area contributed by atoms with Crippen LogP contribution in [0.15, 0.2) is 47.4 Å². The van der Waals surface area contributed by atoms with Crippen LogP contribution < -0.4 is 19.3 Å². The molecule has 1 saturated carbocycles. The van der Waals surface area contributed by atoms with Gasteiger partial charge in [-0.15, -0.1) is 0 Å². The summed E-state index contributed by atoms with van der Waals surface area (Å²) in [7, 11) is -4.05. The third-order valence-corrected chi connectivity index (χ3v) is 7.91. The molecule has 2 aromatic carbocycles. The second-order valence-corrected chi connectivity index (χ2v) is 9.77. The summed E-state index contributed by atoms with van der Waals surface area (Å²) < 4.78 is 49.2. The number of halogens is 1. The first-order valence-corrected chi connectivity index (χ1v) is 11.5. The van der Waals surface area contributed by atoms with Gasteiger partial charge in [-0.05, 0) is 43.5 Å². The molecule has 0 aromatic heterocycles. The minimum Gasteiger partial charge on any atom is -0.481 e. The topological polar surface area (TPSA) is 61.9 Å². The van der Waals surface area contributed by atoms with Gasteiger partial charge in [0.2, 0.25) is 0 Å². The second-order valence-electron chi connectivity index (χ2n) is 7.94. The minimum absolute atomic E-state index is 0.210. The van der Waals surface area contributed by atoms with Crippen LogP contribution in [0.4, 0.5) is 15.8 Å². The summed E-state index contributed by atoms with van der Waals surface area (Å²) in [6, 6.07) is 11.1. The summed E-state index contributed by atoms with van der Waals surface area (Å²) in [6.07, 6.45) is 2.59. The third kappa shape index (κ3) is 3.05. The van der Waals surface area contributed by atoms with Gasteiger partial charge < -0.3 is 15.0 Å². The molecule has 154 valence electrons. The first-order chi connectivity index (χ1) is 14.0. The molecule has 0 atom stereocenters. The Morgan fingerprint density at radius 1 is 1.00 bits per heavy atom.